The number of amides is 2. The first-order valence-electron chi connectivity index (χ1n) is 13.8. The van der Waals surface area contributed by atoms with Gasteiger partial charge in [-0.2, -0.15) is 5.10 Å². The number of benzene rings is 2. The fourth-order valence-electron chi connectivity index (χ4n) is 4.66. The molecule has 13 heteroatoms. The van der Waals surface area contributed by atoms with Gasteiger partial charge in [0.2, 0.25) is 5.91 Å². The van der Waals surface area contributed by atoms with Crippen LogP contribution in [0.4, 0.5) is 16.2 Å². The van der Waals surface area contributed by atoms with Gasteiger partial charge in [-0.15, -0.1) is 5.10 Å². The zero-order valence-corrected chi connectivity index (χ0v) is 24.8. The summed E-state index contributed by atoms with van der Waals surface area (Å²) in [6.07, 6.45) is 8.88. The lowest BCUT2D eigenvalue weighted by atomic mass is 9.98. The van der Waals surface area contributed by atoms with Crippen molar-refractivity contribution in [2.75, 3.05) is 24.0 Å². The number of H-pyrrole nitrogens is 1. The molecule has 43 heavy (non-hydrogen) atoms. The van der Waals surface area contributed by atoms with Crippen molar-refractivity contribution in [3.63, 3.8) is 0 Å². The number of carbonyl (C=O) groups excluding carboxylic acids is 2. The molecule has 4 rings (SSSR count). The lowest BCUT2D eigenvalue weighted by molar-refractivity contribution is -0.117. The molecule has 0 spiro atoms. The molecule has 2 heterocycles. The van der Waals surface area contributed by atoms with Crippen molar-refractivity contribution in [1.82, 2.24) is 15.3 Å². The number of anilines is 2. The van der Waals surface area contributed by atoms with Crippen molar-refractivity contribution in [2.45, 2.75) is 38.6 Å². The number of halogens is 1. The molecule has 1 aromatic heterocycles. The van der Waals surface area contributed by atoms with E-state index >= 15 is 0 Å². The van der Waals surface area contributed by atoms with Gasteiger partial charge in [0.1, 0.15) is 17.9 Å². The second kappa shape index (κ2) is 15.0. The summed E-state index contributed by atoms with van der Waals surface area (Å²) in [4.78, 5) is 32.9. The van der Waals surface area contributed by atoms with Gasteiger partial charge < -0.3 is 19.8 Å². The number of imidazole rings is 1. The summed E-state index contributed by atoms with van der Waals surface area (Å²) in [6.45, 7) is 6.00. The van der Waals surface area contributed by atoms with E-state index in [1.165, 1.54) is 24.5 Å². The maximum absolute atomic E-state index is 13.2. The van der Waals surface area contributed by atoms with E-state index < -0.39 is 6.09 Å². The third kappa shape index (κ3) is 8.66. The number of hydrogen-bond donors (Lipinski definition) is 4. The number of nitrogens with zero attached hydrogens (tertiary/aromatic N) is 4. The van der Waals surface area contributed by atoms with Gasteiger partial charge in [-0.25, -0.2) is 15.6 Å². The van der Waals surface area contributed by atoms with Gasteiger partial charge in [0.05, 0.1) is 37.3 Å². The van der Waals surface area contributed by atoms with Crippen LogP contribution >= 0.6 is 11.6 Å². The summed E-state index contributed by atoms with van der Waals surface area (Å²) >= 11 is 6.20. The third-order valence-electron chi connectivity index (χ3n) is 6.94. The van der Waals surface area contributed by atoms with E-state index in [4.69, 9.17) is 26.9 Å². The highest BCUT2D eigenvalue weighted by molar-refractivity contribution is 6.30. The zero-order chi connectivity index (χ0) is 30.8. The van der Waals surface area contributed by atoms with Crippen LogP contribution in [0.2, 0.25) is 5.02 Å². The topological polar surface area (TPSA) is 159 Å². The number of nitrogens with one attached hydrogen (secondary N) is 3. The smallest absolute Gasteiger partial charge is 0.411 e. The standard InChI is InChI=1S/C30H35ClN8O4/c1-19-5-4-6-24(37-28(40)12-7-20-15-21(31)8-11-26(20)39(32)18-35-33-2)29-34-17-25(38-29)23-10-9-22(36-30(41)42-3)16-27(23)43-14-13-19/h7-12,15-19,24H,2,4-6,13-14,32H2,1,3H3,(H,34,38)(H,36,41)(H,37,40)/b12-7+,35-18-/t19?,24-/m0/s1. The first-order chi connectivity index (χ1) is 20.8. The minimum absolute atomic E-state index is 0.307. The molecule has 0 saturated carbocycles. The Balaban J connectivity index is 1.58. The van der Waals surface area contributed by atoms with Crippen LogP contribution in [-0.4, -0.2) is 48.7 Å². The number of fused-ring (bicyclic) bond motifs is 4. The largest absolute Gasteiger partial charge is 0.493 e. The van der Waals surface area contributed by atoms with E-state index in [1.807, 2.05) is 6.07 Å². The Labute approximate surface area is 255 Å². The Morgan fingerprint density at radius 3 is 2.88 bits per heavy atom. The van der Waals surface area contributed by atoms with Gasteiger partial charge in [0, 0.05) is 40.7 Å². The van der Waals surface area contributed by atoms with Crippen LogP contribution < -0.4 is 26.2 Å². The molecule has 0 saturated heterocycles. The van der Waals surface area contributed by atoms with E-state index in [2.05, 4.69) is 44.4 Å². The van der Waals surface area contributed by atoms with Crippen molar-refractivity contribution in [3.8, 4) is 17.0 Å². The summed E-state index contributed by atoms with van der Waals surface area (Å²) in [7, 11) is 1.31. The van der Waals surface area contributed by atoms with Crippen LogP contribution in [0, 0.1) is 5.92 Å². The molecule has 1 aliphatic heterocycles. The number of methoxy groups -OCH3 is 1. The first kappa shape index (κ1) is 31.3. The van der Waals surface area contributed by atoms with Crippen molar-refractivity contribution < 1.29 is 19.1 Å². The van der Waals surface area contributed by atoms with Crippen LogP contribution in [0.1, 0.15) is 50.0 Å². The Bertz CT molecular complexity index is 1510. The lowest BCUT2D eigenvalue weighted by Gasteiger charge is -2.18. The van der Waals surface area contributed by atoms with Crippen molar-refractivity contribution in [3.05, 3.63) is 65.1 Å². The van der Waals surface area contributed by atoms with E-state index in [0.29, 0.717) is 52.5 Å². The maximum atomic E-state index is 13.2. The molecule has 0 radical (unpaired) electrons. The van der Waals surface area contributed by atoms with Crippen molar-refractivity contribution in [2.24, 2.45) is 22.0 Å². The molecule has 0 aliphatic carbocycles. The maximum Gasteiger partial charge on any atom is 0.411 e. The molecule has 3 aromatic rings. The Morgan fingerprint density at radius 1 is 1.26 bits per heavy atom. The molecule has 5 N–H and O–H groups in total. The molecular weight excluding hydrogens is 572 g/mol. The highest BCUT2D eigenvalue weighted by Crippen LogP contribution is 2.34. The fraction of sp³-hybridized carbons (Fsp3) is 0.300. The first-order valence-corrected chi connectivity index (χ1v) is 14.1. The quantitative estimate of drug-likeness (QED) is 0.0883. The van der Waals surface area contributed by atoms with Gasteiger partial charge >= 0.3 is 6.09 Å². The van der Waals surface area contributed by atoms with Crippen LogP contribution in [-0.2, 0) is 9.53 Å². The second-order valence-electron chi connectivity index (χ2n) is 10.1. The van der Waals surface area contributed by atoms with Crippen molar-refractivity contribution >= 4 is 54.1 Å². The molecule has 0 fully saturated rings. The SMILES string of the molecule is C=N/N=C\N(N)c1ccc(Cl)cc1/C=C/C(=O)N[C@H]1CCCC(C)CCOc2cc(NC(=O)OC)ccc2-c2cnc1[nH]2. The molecule has 2 aromatic carbocycles. The van der Waals surface area contributed by atoms with Gasteiger partial charge in [0.25, 0.3) is 0 Å². The predicted octanol–water partition coefficient (Wildman–Crippen LogP) is 5.69. The predicted molar refractivity (Wildman–Crippen MR) is 169 cm³/mol. The van der Waals surface area contributed by atoms with E-state index in [1.54, 1.807) is 42.6 Å². The van der Waals surface area contributed by atoms with E-state index in [9.17, 15) is 9.59 Å². The number of aromatic nitrogens is 2. The average Bonchev–Trinajstić information content (AvgIpc) is 3.48. The minimum atomic E-state index is -0.569. The monoisotopic (exact) mass is 606 g/mol. The number of hydrogen-bond acceptors (Lipinski definition) is 8. The van der Waals surface area contributed by atoms with Crippen LogP contribution in [0.25, 0.3) is 17.3 Å². The summed E-state index contributed by atoms with van der Waals surface area (Å²) in [5.41, 5.74) is 3.23. The summed E-state index contributed by atoms with van der Waals surface area (Å²) in [6, 6.07) is 10.1. The fourth-order valence-corrected chi connectivity index (χ4v) is 4.84. The number of hydrazine groups is 1. The number of rotatable bonds is 7. The Hall–Kier alpha value is -4.68. The number of aromatic amines is 1. The highest BCUT2D eigenvalue weighted by Gasteiger charge is 2.20. The second-order valence-corrected chi connectivity index (χ2v) is 10.5. The molecule has 2 amide bonds. The van der Waals surface area contributed by atoms with Crippen LogP contribution in [0.3, 0.4) is 0 Å². The molecular formula is C30H35ClN8O4. The number of carbonyl (C=O) groups is 2. The zero-order valence-electron chi connectivity index (χ0n) is 24.0. The summed E-state index contributed by atoms with van der Waals surface area (Å²) in [5, 5.41) is 14.6. The Kier molecular flexibility index (Phi) is 10.9. The number of ether oxygens (including phenoxy) is 2. The van der Waals surface area contributed by atoms with E-state index in [-0.39, 0.29) is 11.9 Å². The van der Waals surface area contributed by atoms with Gasteiger partial charge in [-0.05, 0) is 55.2 Å². The molecule has 226 valence electrons. The van der Waals surface area contributed by atoms with Gasteiger partial charge in [-0.1, -0.05) is 31.4 Å². The normalized spacial score (nSPS) is 17.1. The average molecular weight is 607 g/mol. The summed E-state index contributed by atoms with van der Waals surface area (Å²) in [5.74, 6) is 7.38. The lowest BCUT2D eigenvalue weighted by Crippen LogP contribution is -2.29. The number of nitrogens with two attached hydrogens (primary N) is 1. The van der Waals surface area contributed by atoms with Crippen LogP contribution in [0.5, 0.6) is 5.75 Å². The highest BCUT2D eigenvalue weighted by atomic mass is 35.5. The van der Waals surface area contributed by atoms with Gasteiger partial charge in [-0.3, -0.25) is 15.1 Å². The Morgan fingerprint density at radius 2 is 2.09 bits per heavy atom. The molecule has 2 bridgehead atoms. The molecule has 1 aliphatic rings. The summed E-state index contributed by atoms with van der Waals surface area (Å²) < 4.78 is 10.9. The molecule has 1 unspecified atom stereocenters. The van der Waals surface area contributed by atoms with Crippen LogP contribution in [0.15, 0.2) is 58.9 Å². The molecule has 12 nitrogen and oxygen atoms in total. The van der Waals surface area contributed by atoms with Gasteiger partial charge in [0.15, 0.2) is 0 Å². The van der Waals surface area contributed by atoms with E-state index in [0.717, 1.165) is 30.5 Å². The third-order valence-corrected chi connectivity index (χ3v) is 7.18. The minimum Gasteiger partial charge on any atom is -0.493 e. The van der Waals surface area contributed by atoms with Crippen molar-refractivity contribution in [1.29, 1.82) is 0 Å². The molecule has 2 atom stereocenters.